The fourth-order valence-corrected chi connectivity index (χ4v) is 2.38. The van der Waals surface area contributed by atoms with E-state index < -0.39 is 5.20 Å². The molecule has 0 aliphatic heterocycles. The lowest BCUT2D eigenvalue weighted by Gasteiger charge is -2.02. The third kappa shape index (κ3) is 3.57. The van der Waals surface area contributed by atoms with E-state index >= 15 is 0 Å². The summed E-state index contributed by atoms with van der Waals surface area (Å²) in [6.07, 6.45) is 0. The zero-order valence-corrected chi connectivity index (χ0v) is 15.4. The summed E-state index contributed by atoms with van der Waals surface area (Å²) in [5, 5.41) is -2.65. The Kier molecular flexibility index (Phi) is 4.58. The zero-order chi connectivity index (χ0) is 17.5. The molecule has 1 aromatic carbocycles. The summed E-state index contributed by atoms with van der Waals surface area (Å²) in [6, 6.07) is 11.4. The number of pyridine rings is 1. The Morgan fingerprint density at radius 3 is 2.46 bits per heavy atom. The number of hydrogen-bond acceptors (Lipinski definition) is 4. The van der Waals surface area contributed by atoms with E-state index in [9.17, 15) is 9.36 Å². The third-order valence-electron chi connectivity index (χ3n) is 3.26. The molecular weight excluding hydrogens is 394 g/mol. The summed E-state index contributed by atoms with van der Waals surface area (Å²) in [4.78, 5) is 23.7. The Morgan fingerprint density at radius 1 is 1.08 bits per heavy atom. The normalized spacial score (nSPS) is 11.7. The van der Waals surface area contributed by atoms with Crippen molar-refractivity contribution in [2.75, 3.05) is 0 Å². The summed E-state index contributed by atoms with van der Waals surface area (Å²) < 4.78 is 11.4. The third-order valence-corrected chi connectivity index (χ3v) is 3.26. The molecule has 10 heteroatoms. The molecule has 0 saturated carbocycles. The molecule has 124 valence electrons. The number of aromatic amines is 1. The van der Waals surface area contributed by atoms with Gasteiger partial charge in [0.15, 0.2) is 5.65 Å². The molecule has 0 saturated heterocycles. The van der Waals surface area contributed by atoms with Crippen molar-refractivity contribution in [1.82, 2.24) is 19.4 Å². The van der Waals surface area contributed by atoms with E-state index in [1.54, 1.807) is 6.07 Å². The number of halogens is 3. The molecule has 0 radical (unpaired) electrons. The van der Waals surface area contributed by atoms with Crippen LogP contribution in [0.3, 0.4) is 0 Å². The van der Waals surface area contributed by atoms with Crippen molar-refractivity contribution >= 4 is 66.8 Å². The van der Waals surface area contributed by atoms with Gasteiger partial charge < -0.3 is 0 Å². The molecule has 0 aliphatic carbocycles. The number of para-hydroxylation sites is 2. The quantitative estimate of drug-likeness (QED) is 0.426. The molecule has 3 aromatic heterocycles. The fraction of sp³-hybridized carbons (Fsp3) is 0.0714. The Labute approximate surface area is 150 Å². The zero-order valence-electron chi connectivity index (χ0n) is 12.2. The van der Waals surface area contributed by atoms with Gasteiger partial charge in [0, 0.05) is 5.69 Å². The number of H-pyrrole nitrogens is 1. The van der Waals surface area contributed by atoms with Gasteiger partial charge in [-0.2, -0.15) is 0 Å². The smallest absolute Gasteiger partial charge is 0.291 e. The van der Waals surface area contributed by atoms with E-state index in [1.165, 1.54) is 0 Å². The first-order valence-corrected chi connectivity index (χ1v) is 11.1. The Balaban J connectivity index is 0.000000300. The largest absolute Gasteiger partial charge is 0.339 e. The van der Waals surface area contributed by atoms with Crippen LogP contribution in [0.25, 0.3) is 27.8 Å². The van der Waals surface area contributed by atoms with Gasteiger partial charge in [-0.25, -0.2) is 9.97 Å². The van der Waals surface area contributed by atoms with E-state index in [0.29, 0.717) is 16.8 Å². The number of aryl methyl sites for hydroxylation is 1. The second-order valence-electron chi connectivity index (χ2n) is 4.94. The maximum atomic E-state index is 12.0. The van der Waals surface area contributed by atoms with Crippen molar-refractivity contribution in [3.63, 3.8) is 0 Å². The molecule has 1 N–H and O–H groups in total. The highest BCUT2D eigenvalue weighted by atomic mass is 36.0. The van der Waals surface area contributed by atoms with Crippen molar-refractivity contribution < 1.29 is 4.57 Å². The minimum absolute atomic E-state index is 0.162. The Hall–Kier alpha value is -1.59. The van der Waals surface area contributed by atoms with E-state index in [2.05, 4.69) is 48.7 Å². The van der Waals surface area contributed by atoms with Crippen molar-refractivity contribution in [2.45, 2.75) is 6.92 Å². The minimum Gasteiger partial charge on any atom is -0.291 e. The molecule has 24 heavy (non-hydrogen) atoms. The monoisotopic (exact) mass is 402 g/mol. The van der Waals surface area contributed by atoms with Crippen LogP contribution in [-0.2, 0) is 4.57 Å². The number of hydrogen-bond donors (Lipinski definition) is 1. The minimum atomic E-state index is -3.22. The van der Waals surface area contributed by atoms with Crippen molar-refractivity contribution in [3.05, 3.63) is 52.4 Å². The highest BCUT2D eigenvalue weighted by molar-refractivity contribution is 8.24. The maximum absolute atomic E-state index is 12.0. The molecule has 4 rings (SSSR count). The lowest BCUT2D eigenvalue weighted by Crippen LogP contribution is -2.11. The van der Waals surface area contributed by atoms with Crippen LogP contribution in [0.4, 0.5) is 0 Å². The Bertz CT molecular complexity index is 1160. The fourth-order valence-electron chi connectivity index (χ4n) is 2.38. The van der Waals surface area contributed by atoms with E-state index in [-0.39, 0.29) is 5.56 Å². The number of nitrogens with one attached hydrogen (secondary N) is 1. The average molecular weight is 404 g/mol. The molecule has 0 amide bonds. The van der Waals surface area contributed by atoms with Crippen LogP contribution in [0.15, 0.2) is 41.2 Å². The summed E-state index contributed by atoms with van der Waals surface area (Å²) in [5.41, 5.74) is 3.14. The van der Waals surface area contributed by atoms with Gasteiger partial charge in [-0.05, 0) is 64.9 Å². The molecule has 0 bridgehead atoms. The van der Waals surface area contributed by atoms with Crippen molar-refractivity contribution in [1.29, 1.82) is 0 Å². The molecule has 0 atom stereocenters. The topological polar surface area (TPSA) is 80.1 Å². The Morgan fingerprint density at radius 2 is 1.75 bits per heavy atom. The number of imidazole rings is 1. The average Bonchev–Trinajstić information content (AvgIpc) is 2.83. The summed E-state index contributed by atoms with van der Waals surface area (Å²) in [7, 11) is 0. The van der Waals surface area contributed by atoms with Gasteiger partial charge >= 0.3 is 5.20 Å². The molecule has 4 aromatic rings. The molecule has 3 heterocycles. The maximum Gasteiger partial charge on any atom is 0.339 e. The van der Waals surface area contributed by atoms with Crippen LogP contribution in [0.5, 0.6) is 0 Å². The van der Waals surface area contributed by atoms with Crippen LogP contribution in [0.2, 0.25) is 0 Å². The molecule has 6 nitrogen and oxygen atoms in total. The number of aromatic nitrogens is 4. The lowest BCUT2D eigenvalue weighted by atomic mass is 10.3. The van der Waals surface area contributed by atoms with Crippen LogP contribution in [-0.4, -0.2) is 19.4 Å². The molecule has 0 spiro atoms. The first kappa shape index (κ1) is 17.2. The van der Waals surface area contributed by atoms with Gasteiger partial charge in [0.05, 0.1) is 16.4 Å². The number of benzene rings is 1. The first-order chi connectivity index (χ1) is 11.2. The predicted octanol–water partition coefficient (Wildman–Crippen LogP) is 4.84. The van der Waals surface area contributed by atoms with Crippen LogP contribution in [0, 0.1) is 6.92 Å². The van der Waals surface area contributed by atoms with Gasteiger partial charge in [0.25, 0.3) is 5.56 Å². The van der Waals surface area contributed by atoms with Gasteiger partial charge in [0.1, 0.15) is 0 Å². The number of fused-ring (bicyclic) bond motifs is 5. The van der Waals surface area contributed by atoms with Gasteiger partial charge in [-0.15, -0.1) is 0 Å². The standard InChI is InChI=1S/C14H10N4O.Cl3OP/c1-8-6-7-9-12(15-8)18-11-5-3-2-4-10(11)16-14(18)17-13(9)19;1-5(2,3)4/h2-7H,1H3,(H,16,17,19);. The highest BCUT2D eigenvalue weighted by Gasteiger charge is 2.11. The summed E-state index contributed by atoms with van der Waals surface area (Å²) in [6.45, 7) is 1.91. The van der Waals surface area contributed by atoms with Crippen molar-refractivity contribution in [2.24, 2.45) is 0 Å². The van der Waals surface area contributed by atoms with E-state index in [4.69, 9.17) is 0 Å². The van der Waals surface area contributed by atoms with Crippen LogP contribution in [0.1, 0.15) is 5.69 Å². The first-order valence-electron chi connectivity index (χ1n) is 6.70. The van der Waals surface area contributed by atoms with Crippen molar-refractivity contribution in [3.8, 4) is 0 Å². The number of rotatable bonds is 0. The van der Waals surface area contributed by atoms with Gasteiger partial charge in [-0.1, -0.05) is 12.1 Å². The van der Waals surface area contributed by atoms with E-state index in [0.717, 1.165) is 16.7 Å². The second kappa shape index (κ2) is 6.37. The molecule has 0 unspecified atom stereocenters. The van der Waals surface area contributed by atoms with Crippen LogP contribution < -0.4 is 5.56 Å². The highest BCUT2D eigenvalue weighted by Crippen LogP contribution is 2.61. The number of nitrogens with zero attached hydrogens (tertiary/aromatic N) is 3. The summed E-state index contributed by atoms with van der Waals surface area (Å²) in [5.74, 6) is 0.525. The van der Waals surface area contributed by atoms with Crippen LogP contribution >= 0.6 is 38.9 Å². The molecular formula is C14H10Cl3N4O2P. The second-order valence-corrected chi connectivity index (χ2v) is 11.6. The summed E-state index contributed by atoms with van der Waals surface area (Å²) >= 11 is 13.8. The lowest BCUT2D eigenvalue weighted by molar-refractivity contribution is 0.600. The molecule has 0 fully saturated rings. The van der Waals surface area contributed by atoms with E-state index in [1.807, 2.05) is 41.7 Å². The van der Waals surface area contributed by atoms with Gasteiger partial charge in [-0.3, -0.25) is 18.7 Å². The van der Waals surface area contributed by atoms with Gasteiger partial charge in [0.2, 0.25) is 5.78 Å². The molecule has 0 aliphatic rings. The predicted molar refractivity (Wildman–Crippen MR) is 98.5 cm³/mol. The SMILES string of the molecule is Cc1ccc2c(=O)[nH]c3nc4ccccc4n3c2n1.O=P(Cl)(Cl)Cl.